The number of amides is 1. The molecule has 1 amide bonds. The van der Waals surface area contributed by atoms with E-state index in [1.165, 1.54) is 13.2 Å². The number of nitrogens with two attached hydrogens (primary N) is 1. The molecule has 0 saturated heterocycles. The Labute approximate surface area is 94.8 Å². The molecule has 0 aliphatic carbocycles. The topological polar surface area (TPSA) is 90.6 Å². The molecule has 0 spiro atoms. The van der Waals surface area contributed by atoms with Crippen LogP contribution < -0.4 is 11.1 Å². The molecule has 0 saturated carbocycles. The van der Waals surface area contributed by atoms with Crippen LogP contribution in [0, 0.1) is 0 Å². The molecule has 0 aromatic rings. The van der Waals surface area contributed by atoms with E-state index in [2.05, 4.69) is 10.1 Å². The highest BCUT2D eigenvalue weighted by Crippen LogP contribution is 2.06. The van der Waals surface area contributed by atoms with Crippen molar-refractivity contribution in [3.8, 4) is 0 Å². The van der Waals surface area contributed by atoms with Gasteiger partial charge in [0, 0.05) is 6.08 Å². The number of nitrogens with one attached hydrogen (secondary N) is 1. The third-order valence-electron chi connectivity index (χ3n) is 1.32. The molecule has 0 rings (SSSR count). The lowest BCUT2D eigenvalue weighted by Crippen LogP contribution is -2.42. The first-order valence-electron chi connectivity index (χ1n) is 4.76. The molecule has 92 valence electrons. The van der Waals surface area contributed by atoms with Crippen molar-refractivity contribution in [1.82, 2.24) is 5.32 Å². The lowest BCUT2D eigenvalue weighted by Gasteiger charge is -2.20. The zero-order chi connectivity index (χ0) is 12.8. The number of carbonyl (C=O) groups excluding carboxylic acids is 2. The van der Waals surface area contributed by atoms with Gasteiger partial charge in [-0.2, -0.15) is 0 Å². The third-order valence-corrected chi connectivity index (χ3v) is 1.32. The summed E-state index contributed by atoms with van der Waals surface area (Å²) in [5.74, 6) is -0.540. The van der Waals surface area contributed by atoms with Crippen LogP contribution in [0.1, 0.15) is 20.8 Å². The number of hydrogen-bond acceptors (Lipinski definition) is 5. The lowest BCUT2D eigenvalue weighted by molar-refractivity contribution is -0.134. The highest BCUT2D eigenvalue weighted by molar-refractivity contribution is 5.82. The van der Waals surface area contributed by atoms with Crippen LogP contribution >= 0.6 is 0 Å². The molecule has 6 nitrogen and oxygen atoms in total. The second-order valence-electron chi connectivity index (χ2n) is 4.05. The fourth-order valence-corrected chi connectivity index (χ4v) is 0.742. The van der Waals surface area contributed by atoms with Crippen molar-refractivity contribution in [2.45, 2.75) is 32.5 Å². The first-order chi connectivity index (χ1) is 7.24. The third kappa shape index (κ3) is 7.81. The minimum Gasteiger partial charge on any atom is -0.466 e. The van der Waals surface area contributed by atoms with Crippen molar-refractivity contribution in [1.29, 1.82) is 0 Å². The fourth-order valence-electron chi connectivity index (χ4n) is 0.742. The molecule has 0 heterocycles. The van der Waals surface area contributed by atoms with Crippen LogP contribution in [-0.4, -0.2) is 30.9 Å². The molecule has 6 heteroatoms. The summed E-state index contributed by atoms with van der Waals surface area (Å²) in [5, 5.41) is 2.34. The summed E-state index contributed by atoms with van der Waals surface area (Å²) in [5.41, 5.74) is 4.90. The number of hydrogen-bond donors (Lipinski definition) is 2. The standard InChI is InChI=1S/C10H18N2O4/c1-10(2,3)16-9(14)12-7(11)5-6-8(13)15-4/h5-7H,11H2,1-4H3,(H,12,14)/b6-5+/t7-/m1/s1. The van der Waals surface area contributed by atoms with Gasteiger partial charge in [-0.15, -0.1) is 0 Å². The van der Waals surface area contributed by atoms with E-state index < -0.39 is 23.8 Å². The highest BCUT2D eigenvalue weighted by atomic mass is 16.6. The second-order valence-corrected chi connectivity index (χ2v) is 4.05. The van der Waals surface area contributed by atoms with E-state index in [0.717, 1.165) is 6.08 Å². The Morgan fingerprint density at radius 1 is 1.38 bits per heavy atom. The molecule has 0 fully saturated rings. The van der Waals surface area contributed by atoms with E-state index in [0.29, 0.717) is 0 Å². The number of methoxy groups -OCH3 is 1. The van der Waals surface area contributed by atoms with E-state index in [-0.39, 0.29) is 0 Å². The van der Waals surface area contributed by atoms with Crippen LogP contribution in [0.15, 0.2) is 12.2 Å². The van der Waals surface area contributed by atoms with Gasteiger partial charge in [-0.1, -0.05) is 0 Å². The molecule has 0 aromatic carbocycles. The van der Waals surface area contributed by atoms with E-state index in [1.54, 1.807) is 20.8 Å². The molecule has 0 bridgehead atoms. The molecule has 0 radical (unpaired) electrons. The highest BCUT2D eigenvalue weighted by Gasteiger charge is 2.16. The van der Waals surface area contributed by atoms with Crippen molar-refractivity contribution in [2.24, 2.45) is 5.73 Å². The SMILES string of the molecule is COC(=O)/C=C/[C@H](N)NC(=O)OC(C)(C)C. The largest absolute Gasteiger partial charge is 0.466 e. The van der Waals surface area contributed by atoms with Gasteiger partial charge in [0.25, 0.3) is 0 Å². The number of esters is 1. The van der Waals surface area contributed by atoms with Gasteiger partial charge in [-0.25, -0.2) is 9.59 Å². The predicted molar refractivity (Wildman–Crippen MR) is 58.5 cm³/mol. The quantitative estimate of drug-likeness (QED) is 0.419. The van der Waals surface area contributed by atoms with Gasteiger partial charge in [0.1, 0.15) is 5.60 Å². The van der Waals surface area contributed by atoms with Gasteiger partial charge in [0.15, 0.2) is 0 Å². The molecule has 0 aliphatic rings. The van der Waals surface area contributed by atoms with Crippen LogP contribution in [0.5, 0.6) is 0 Å². The summed E-state index contributed by atoms with van der Waals surface area (Å²) in [6, 6.07) is 0. The van der Waals surface area contributed by atoms with Crippen molar-refractivity contribution in [3.63, 3.8) is 0 Å². The molecule has 3 N–H and O–H groups in total. The van der Waals surface area contributed by atoms with E-state index in [1.807, 2.05) is 0 Å². The summed E-state index contributed by atoms with van der Waals surface area (Å²) in [7, 11) is 1.25. The number of carbonyl (C=O) groups is 2. The summed E-state index contributed by atoms with van der Waals surface area (Å²) in [6.07, 6.45) is 0.987. The van der Waals surface area contributed by atoms with Crippen molar-refractivity contribution < 1.29 is 19.1 Å². The Morgan fingerprint density at radius 2 is 1.94 bits per heavy atom. The number of alkyl carbamates (subject to hydrolysis) is 1. The Morgan fingerprint density at radius 3 is 2.38 bits per heavy atom. The maximum atomic E-state index is 11.2. The van der Waals surface area contributed by atoms with Crippen molar-refractivity contribution >= 4 is 12.1 Å². The Bertz CT molecular complexity index is 281. The molecule has 1 atom stereocenters. The summed E-state index contributed by atoms with van der Waals surface area (Å²) < 4.78 is 9.32. The van der Waals surface area contributed by atoms with Gasteiger partial charge in [-0.3, -0.25) is 0 Å². The Hall–Kier alpha value is -1.56. The van der Waals surface area contributed by atoms with Crippen LogP contribution in [0.4, 0.5) is 4.79 Å². The van der Waals surface area contributed by atoms with Crippen LogP contribution in [0.25, 0.3) is 0 Å². The summed E-state index contributed by atoms with van der Waals surface area (Å²) in [6.45, 7) is 5.22. The molecular formula is C10H18N2O4. The van der Waals surface area contributed by atoms with Gasteiger partial charge in [0.2, 0.25) is 0 Å². The summed E-state index contributed by atoms with van der Waals surface area (Å²) in [4.78, 5) is 21.9. The smallest absolute Gasteiger partial charge is 0.409 e. The molecule has 16 heavy (non-hydrogen) atoms. The van der Waals surface area contributed by atoms with Crippen LogP contribution in [0.2, 0.25) is 0 Å². The van der Waals surface area contributed by atoms with Gasteiger partial charge < -0.3 is 20.5 Å². The van der Waals surface area contributed by atoms with Gasteiger partial charge >= 0.3 is 12.1 Å². The second kappa shape index (κ2) is 6.12. The van der Waals surface area contributed by atoms with Crippen LogP contribution in [-0.2, 0) is 14.3 Å². The average molecular weight is 230 g/mol. The van der Waals surface area contributed by atoms with Crippen LogP contribution in [0.3, 0.4) is 0 Å². The van der Waals surface area contributed by atoms with Gasteiger partial charge in [0.05, 0.1) is 13.3 Å². The predicted octanol–water partition coefficient (Wildman–Crippen LogP) is 0.525. The molecule has 0 aliphatic heterocycles. The minimum absolute atomic E-state index is 0.540. The molecule has 0 unspecified atom stereocenters. The van der Waals surface area contributed by atoms with Crippen molar-refractivity contribution in [2.75, 3.05) is 7.11 Å². The normalized spacial score (nSPS) is 13.3. The average Bonchev–Trinajstić information content (AvgIpc) is 2.10. The Kier molecular flexibility index (Phi) is 5.52. The first-order valence-corrected chi connectivity index (χ1v) is 4.76. The fraction of sp³-hybridized carbons (Fsp3) is 0.600. The van der Waals surface area contributed by atoms with Crippen molar-refractivity contribution in [3.05, 3.63) is 12.2 Å². The van der Waals surface area contributed by atoms with E-state index in [4.69, 9.17) is 10.5 Å². The monoisotopic (exact) mass is 230 g/mol. The summed E-state index contributed by atoms with van der Waals surface area (Å²) >= 11 is 0. The minimum atomic E-state index is -0.797. The van der Waals surface area contributed by atoms with Gasteiger partial charge in [-0.05, 0) is 26.8 Å². The van der Waals surface area contributed by atoms with E-state index >= 15 is 0 Å². The maximum Gasteiger partial charge on any atom is 0.409 e. The Balaban J connectivity index is 4.06. The first kappa shape index (κ1) is 14.4. The number of ether oxygens (including phenoxy) is 2. The zero-order valence-corrected chi connectivity index (χ0v) is 9.94. The molecular weight excluding hydrogens is 212 g/mol. The molecule has 0 aromatic heterocycles. The van der Waals surface area contributed by atoms with E-state index in [9.17, 15) is 9.59 Å². The lowest BCUT2D eigenvalue weighted by atomic mass is 10.2. The number of rotatable bonds is 3. The zero-order valence-electron chi connectivity index (χ0n) is 9.94. The maximum absolute atomic E-state index is 11.2.